The number of halogens is 1. The Bertz CT molecular complexity index is 662. The molecule has 2 aromatic rings. The van der Waals surface area contributed by atoms with E-state index in [4.69, 9.17) is 26.8 Å². The van der Waals surface area contributed by atoms with Crippen LogP contribution in [-0.2, 0) is 13.0 Å². The summed E-state index contributed by atoms with van der Waals surface area (Å²) in [5.74, 6) is 1.56. The first-order chi connectivity index (χ1) is 9.96. The first-order valence-corrected chi connectivity index (χ1v) is 7.31. The summed E-state index contributed by atoms with van der Waals surface area (Å²) in [7, 11) is 0. The summed E-state index contributed by atoms with van der Waals surface area (Å²) in [4.78, 5) is 0. The summed E-state index contributed by atoms with van der Waals surface area (Å²) < 4.78 is 11.9. The lowest BCUT2D eigenvalue weighted by Crippen LogP contribution is -2.24. The van der Waals surface area contributed by atoms with Crippen LogP contribution < -0.4 is 15.2 Å². The second-order valence-electron chi connectivity index (χ2n) is 5.88. The van der Waals surface area contributed by atoms with Gasteiger partial charge in [-0.1, -0.05) is 29.8 Å². The highest BCUT2D eigenvalue weighted by Crippen LogP contribution is 2.42. The maximum atomic E-state index is 6.17. The second-order valence-corrected chi connectivity index (χ2v) is 6.29. The van der Waals surface area contributed by atoms with E-state index in [0.717, 1.165) is 23.5 Å². The summed E-state index contributed by atoms with van der Waals surface area (Å²) in [6, 6.07) is 11.4. The highest BCUT2D eigenvalue weighted by atomic mass is 35.5. The lowest BCUT2D eigenvalue weighted by molar-refractivity contribution is 0.131. The largest absolute Gasteiger partial charge is 0.485 e. The zero-order valence-corrected chi connectivity index (χ0v) is 12.9. The fourth-order valence-electron chi connectivity index (χ4n) is 2.58. The molecule has 4 heteroatoms. The maximum Gasteiger partial charge on any atom is 0.165 e. The van der Waals surface area contributed by atoms with Crippen LogP contribution in [0.4, 0.5) is 5.69 Å². The van der Waals surface area contributed by atoms with Gasteiger partial charge in [0.25, 0.3) is 0 Å². The second kappa shape index (κ2) is 5.15. The number of anilines is 1. The van der Waals surface area contributed by atoms with E-state index < -0.39 is 0 Å². The molecule has 0 saturated carbocycles. The number of fused-ring (bicyclic) bond motifs is 1. The number of para-hydroxylation sites is 1. The number of rotatable bonds is 3. The molecule has 0 spiro atoms. The molecule has 110 valence electrons. The van der Waals surface area contributed by atoms with Gasteiger partial charge in [-0.2, -0.15) is 0 Å². The van der Waals surface area contributed by atoms with E-state index in [0.29, 0.717) is 17.3 Å². The van der Waals surface area contributed by atoms with Crippen LogP contribution in [0.5, 0.6) is 11.5 Å². The third-order valence-electron chi connectivity index (χ3n) is 3.58. The third-order valence-corrected chi connectivity index (χ3v) is 3.94. The van der Waals surface area contributed by atoms with E-state index in [2.05, 4.69) is 19.9 Å². The Balaban J connectivity index is 1.83. The number of nitrogens with two attached hydrogens (primary N) is 1. The normalized spacial score (nSPS) is 15.4. The minimum atomic E-state index is -0.189. The van der Waals surface area contributed by atoms with E-state index >= 15 is 0 Å². The monoisotopic (exact) mass is 303 g/mol. The van der Waals surface area contributed by atoms with Crippen LogP contribution in [0.3, 0.4) is 0 Å². The van der Waals surface area contributed by atoms with Crippen LogP contribution in [-0.4, -0.2) is 5.60 Å². The van der Waals surface area contributed by atoms with Gasteiger partial charge in [-0.25, -0.2) is 0 Å². The molecule has 3 rings (SSSR count). The maximum absolute atomic E-state index is 6.17. The molecule has 1 aliphatic rings. The molecule has 0 bridgehead atoms. The van der Waals surface area contributed by atoms with E-state index in [1.54, 1.807) is 0 Å². The van der Waals surface area contributed by atoms with Crippen molar-refractivity contribution < 1.29 is 9.47 Å². The van der Waals surface area contributed by atoms with Crippen molar-refractivity contribution in [2.45, 2.75) is 32.5 Å². The van der Waals surface area contributed by atoms with Gasteiger partial charge in [0.05, 0.1) is 0 Å². The van der Waals surface area contributed by atoms with Gasteiger partial charge in [0, 0.05) is 28.3 Å². The predicted molar refractivity (Wildman–Crippen MR) is 85.0 cm³/mol. The molecular formula is C17H18ClNO2. The van der Waals surface area contributed by atoms with Crippen LogP contribution in [0, 0.1) is 0 Å². The minimum absolute atomic E-state index is 0.189. The summed E-state index contributed by atoms with van der Waals surface area (Å²) in [5, 5.41) is 0.615. The van der Waals surface area contributed by atoms with Crippen molar-refractivity contribution in [2.75, 3.05) is 5.73 Å². The molecule has 0 unspecified atom stereocenters. The SMILES string of the molecule is CC1(C)Cc2cccc(OCc3c(N)cccc3Cl)c2O1. The van der Waals surface area contributed by atoms with Crippen molar-refractivity contribution in [3.8, 4) is 11.5 Å². The van der Waals surface area contributed by atoms with E-state index in [1.807, 2.05) is 30.3 Å². The van der Waals surface area contributed by atoms with Gasteiger partial charge in [-0.3, -0.25) is 0 Å². The van der Waals surface area contributed by atoms with E-state index in [-0.39, 0.29) is 5.60 Å². The van der Waals surface area contributed by atoms with Gasteiger partial charge >= 0.3 is 0 Å². The molecule has 21 heavy (non-hydrogen) atoms. The van der Waals surface area contributed by atoms with Crippen molar-refractivity contribution in [1.82, 2.24) is 0 Å². The molecule has 0 aliphatic carbocycles. The average molecular weight is 304 g/mol. The Labute approximate surface area is 129 Å². The van der Waals surface area contributed by atoms with Gasteiger partial charge in [0.15, 0.2) is 11.5 Å². The Morgan fingerprint density at radius 2 is 2.00 bits per heavy atom. The van der Waals surface area contributed by atoms with Crippen molar-refractivity contribution >= 4 is 17.3 Å². The van der Waals surface area contributed by atoms with Crippen LogP contribution in [0.25, 0.3) is 0 Å². The van der Waals surface area contributed by atoms with E-state index in [1.165, 1.54) is 5.56 Å². The average Bonchev–Trinajstić information content (AvgIpc) is 2.73. The lowest BCUT2D eigenvalue weighted by atomic mass is 10.0. The molecule has 0 saturated heterocycles. The molecule has 0 radical (unpaired) electrons. The lowest BCUT2D eigenvalue weighted by Gasteiger charge is -2.18. The predicted octanol–water partition coefficient (Wildman–Crippen LogP) is 4.21. The van der Waals surface area contributed by atoms with Crippen molar-refractivity contribution in [3.63, 3.8) is 0 Å². The Hall–Kier alpha value is -1.87. The highest BCUT2D eigenvalue weighted by molar-refractivity contribution is 6.31. The first-order valence-electron chi connectivity index (χ1n) is 6.93. The molecule has 0 aromatic heterocycles. The topological polar surface area (TPSA) is 44.5 Å². The van der Waals surface area contributed by atoms with Crippen LogP contribution in [0.2, 0.25) is 5.02 Å². The molecule has 1 aliphatic heterocycles. The number of benzene rings is 2. The van der Waals surface area contributed by atoms with Crippen LogP contribution >= 0.6 is 11.6 Å². The fraction of sp³-hybridized carbons (Fsp3) is 0.294. The van der Waals surface area contributed by atoms with Crippen molar-refractivity contribution in [2.24, 2.45) is 0 Å². The molecule has 0 atom stereocenters. The summed E-state index contributed by atoms with van der Waals surface area (Å²) >= 11 is 6.17. The number of ether oxygens (including phenoxy) is 2. The summed E-state index contributed by atoms with van der Waals surface area (Å²) in [6.45, 7) is 4.47. The minimum Gasteiger partial charge on any atom is -0.485 e. The highest BCUT2D eigenvalue weighted by Gasteiger charge is 2.32. The molecule has 0 fully saturated rings. The number of hydrogen-bond acceptors (Lipinski definition) is 3. The standard InChI is InChI=1S/C17H18ClNO2/c1-17(2)9-11-5-3-8-15(16(11)21-17)20-10-12-13(18)6-4-7-14(12)19/h3-8H,9-10,19H2,1-2H3. The quantitative estimate of drug-likeness (QED) is 0.864. The fourth-order valence-corrected chi connectivity index (χ4v) is 2.81. The summed E-state index contributed by atoms with van der Waals surface area (Å²) in [5.41, 5.74) is 8.36. The Kier molecular flexibility index (Phi) is 3.46. The molecule has 3 nitrogen and oxygen atoms in total. The molecule has 0 amide bonds. The van der Waals surface area contributed by atoms with Crippen molar-refractivity contribution in [3.05, 3.63) is 52.5 Å². The number of nitrogen functional groups attached to an aromatic ring is 1. The molecular weight excluding hydrogens is 286 g/mol. The number of hydrogen-bond donors (Lipinski definition) is 1. The third kappa shape index (κ3) is 2.79. The van der Waals surface area contributed by atoms with Gasteiger partial charge < -0.3 is 15.2 Å². The Morgan fingerprint density at radius 3 is 2.76 bits per heavy atom. The Morgan fingerprint density at radius 1 is 1.24 bits per heavy atom. The van der Waals surface area contributed by atoms with Crippen LogP contribution in [0.15, 0.2) is 36.4 Å². The van der Waals surface area contributed by atoms with Gasteiger partial charge in [-0.05, 0) is 32.0 Å². The molecule has 1 heterocycles. The first kappa shape index (κ1) is 14.1. The van der Waals surface area contributed by atoms with Gasteiger partial charge in [0.1, 0.15) is 12.2 Å². The van der Waals surface area contributed by atoms with Gasteiger partial charge in [0.2, 0.25) is 0 Å². The molecule has 2 aromatic carbocycles. The smallest absolute Gasteiger partial charge is 0.165 e. The van der Waals surface area contributed by atoms with Crippen LogP contribution in [0.1, 0.15) is 25.0 Å². The summed E-state index contributed by atoms with van der Waals surface area (Å²) in [6.07, 6.45) is 0.883. The zero-order chi connectivity index (χ0) is 15.0. The zero-order valence-electron chi connectivity index (χ0n) is 12.2. The van der Waals surface area contributed by atoms with Gasteiger partial charge in [-0.15, -0.1) is 0 Å². The van der Waals surface area contributed by atoms with E-state index in [9.17, 15) is 0 Å². The molecule has 2 N–H and O–H groups in total. The van der Waals surface area contributed by atoms with Crippen molar-refractivity contribution in [1.29, 1.82) is 0 Å².